The molecule has 26 heavy (non-hydrogen) atoms. The molecular weight excluding hydrogens is 328 g/mol. The Hall–Kier alpha value is -2.66. The molecule has 0 unspecified atom stereocenters. The molecule has 1 fully saturated rings. The summed E-state index contributed by atoms with van der Waals surface area (Å²) in [6, 6.07) is 15.2. The molecule has 3 rings (SSSR count). The average Bonchev–Trinajstić information content (AvgIpc) is 2.68. The maximum atomic E-state index is 12.1. The third kappa shape index (κ3) is 4.92. The summed E-state index contributed by atoms with van der Waals surface area (Å²) in [7, 11) is 0. The molecule has 1 heterocycles. The van der Waals surface area contributed by atoms with Crippen LogP contribution in [0.2, 0.25) is 0 Å². The summed E-state index contributed by atoms with van der Waals surface area (Å²) >= 11 is 0. The number of carbonyl (C=O) groups excluding carboxylic acids is 2. The maximum absolute atomic E-state index is 12.1. The van der Waals surface area contributed by atoms with Gasteiger partial charge in [0.1, 0.15) is 0 Å². The van der Waals surface area contributed by atoms with E-state index in [1.165, 1.54) is 0 Å². The van der Waals surface area contributed by atoms with Gasteiger partial charge in [-0.3, -0.25) is 9.59 Å². The summed E-state index contributed by atoms with van der Waals surface area (Å²) in [6.07, 6.45) is 0.388. The van der Waals surface area contributed by atoms with Gasteiger partial charge in [-0.15, -0.1) is 0 Å². The molecule has 0 radical (unpaired) electrons. The molecule has 0 bridgehead atoms. The Morgan fingerprint density at radius 1 is 0.962 bits per heavy atom. The number of carbonyl (C=O) groups is 2. The van der Waals surface area contributed by atoms with Gasteiger partial charge < -0.3 is 15.0 Å². The van der Waals surface area contributed by atoms with E-state index < -0.39 is 0 Å². The van der Waals surface area contributed by atoms with Gasteiger partial charge >= 0.3 is 0 Å². The van der Waals surface area contributed by atoms with E-state index in [1.54, 1.807) is 12.1 Å². The molecular formula is C21H24N2O3. The first-order valence-electron chi connectivity index (χ1n) is 8.94. The van der Waals surface area contributed by atoms with Crippen LogP contribution in [0.25, 0.3) is 0 Å². The number of rotatable bonds is 6. The van der Waals surface area contributed by atoms with Gasteiger partial charge in [-0.25, -0.2) is 0 Å². The van der Waals surface area contributed by atoms with Crippen LogP contribution in [-0.4, -0.2) is 38.0 Å². The zero-order valence-corrected chi connectivity index (χ0v) is 15.0. The van der Waals surface area contributed by atoms with Crippen molar-refractivity contribution in [3.8, 4) is 0 Å². The van der Waals surface area contributed by atoms with Gasteiger partial charge in [0.25, 0.3) is 0 Å². The lowest BCUT2D eigenvalue weighted by Gasteiger charge is -2.28. The number of aryl methyl sites for hydroxylation is 1. The van der Waals surface area contributed by atoms with Crippen LogP contribution in [0.15, 0.2) is 48.5 Å². The first kappa shape index (κ1) is 18.1. The molecule has 1 N–H and O–H groups in total. The second-order valence-corrected chi connectivity index (χ2v) is 6.48. The van der Waals surface area contributed by atoms with Crippen LogP contribution < -0.4 is 10.2 Å². The fourth-order valence-electron chi connectivity index (χ4n) is 2.91. The molecule has 5 heteroatoms. The Morgan fingerprint density at radius 3 is 2.27 bits per heavy atom. The maximum Gasteiger partial charge on any atom is 0.224 e. The lowest BCUT2D eigenvalue weighted by atomic mass is 10.0. The topological polar surface area (TPSA) is 58.6 Å². The van der Waals surface area contributed by atoms with E-state index in [1.807, 2.05) is 43.3 Å². The van der Waals surface area contributed by atoms with E-state index in [2.05, 4.69) is 10.2 Å². The Kier molecular flexibility index (Phi) is 6.02. The molecule has 0 aliphatic carbocycles. The lowest BCUT2D eigenvalue weighted by molar-refractivity contribution is -0.116. The van der Waals surface area contributed by atoms with E-state index in [0.717, 1.165) is 43.2 Å². The molecule has 0 aromatic heterocycles. The fraction of sp³-hybridized carbons (Fsp3) is 0.333. The van der Waals surface area contributed by atoms with Crippen LogP contribution in [0.1, 0.15) is 28.8 Å². The number of hydrogen-bond acceptors (Lipinski definition) is 4. The molecule has 1 amide bonds. The van der Waals surface area contributed by atoms with Crippen molar-refractivity contribution in [1.29, 1.82) is 0 Å². The van der Waals surface area contributed by atoms with Crippen molar-refractivity contribution < 1.29 is 14.3 Å². The highest BCUT2D eigenvalue weighted by molar-refractivity contribution is 6.00. The van der Waals surface area contributed by atoms with Crippen molar-refractivity contribution in [1.82, 2.24) is 0 Å². The van der Waals surface area contributed by atoms with Gasteiger partial charge in [-0.05, 0) is 31.2 Å². The molecule has 0 spiro atoms. The third-order valence-corrected chi connectivity index (χ3v) is 4.48. The number of nitrogens with one attached hydrogen (secondary N) is 1. The number of amides is 1. The van der Waals surface area contributed by atoms with Crippen LogP contribution in [0, 0.1) is 6.92 Å². The van der Waals surface area contributed by atoms with E-state index in [9.17, 15) is 9.59 Å². The number of Topliss-reactive ketones (excluding diaryl/α,β-unsaturated/α-hetero) is 1. The lowest BCUT2D eigenvalue weighted by Crippen LogP contribution is -2.36. The zero-order valence-electron chi connectivity index (χ0n) is 15.0. The minimum Gasteiger partial charge on any atom is -0.378 e. The quantitative estimate of drug-likeness (QED) is 0.809. The summed E-state index contributed by atoms with van der Waals surface area (Å²) < 4.78 is 5.36. The number of ketones is 1. The van der Waals surface area contributed by atoms with Gasteiger partial charge in [0.2, 0.25) is 5.91 Å². The zero-order chi connectivity index (χ0) is 18.4. The summed E-state index contributed by atoms with van der Waals surface area (Å²) in [5, 5.41) is 2.85. The van der Waals surface area contributed by atoms with Crippen LogP contribution in [0.4, 0.5) is 11.4 Å². The van der Waals surface area contributed by atoms with Gasteiger partial charge in [0.15, 0.2) is 5.78 Å². The minimum absolute atomic E-state index is 0.0113. The molecule has 0 saturated carbocycles. The Morgan fingerprint density at radius 2 is 1.62 bits per heavy atom. The smallest absolute Gasteiger partial charge is 0.224 e. The number of hydrogen-bond donors (Lipinski definition) is 1. The minimum atomic E-state index is -0.149. The van der Waals surface area contributed by atoms with Crippen molar-refractivity contribution in [3.05, 3.63) is 59.7 Å². The molecule has 5 nitrogen and oxygen atoms in total. The predicted octanol–water partition coefficient (Wildman–Crippen LogP) is 3.43. The van der Waals surface area contributed by atoms with E-state index in [4.69, 9.17) is 4.74 Å². The van der Waals surface area contributed by atoms with E-state index in [0.29, 0.717) is 5.56 Å². The van der Waals surface area contributed by atoms with Gasteiger partial charge in [-0.2, -0.15) is 0 Å². The normalized spacial score (nSPS) is 14.1. The first-order valence-corrected chi connectivity index (χ1v) is 8.94. The molecule has 0 atom stereocenters. The van der Waals surface area contributed by atoms with Crippen molar-refractivity contribution in [2.24, 2.45) is 0 Å². The molecule has 1 aliphatic rings. The summed E-state index contributed by atoms with van der Waals surface area (Å²) in [4.78, 5) is 26.5. The number of anilines is 2. The van der Waals surface area contributed by atoms with Crippen molar-refractivity contribution in [2.45, 2.75) is 19.8 Å². The molecule has 136 valence electrons. The standard InChI is InChI=1S/C21H24N2O3/c1-16-2-4-17(5-3-16)20(24)10-11-21(25)22-18-6-8-19(9-7-18)23-12-14-26-15-13-23/h2-9H,10-15H2,1H3,(H,22,25). The fourth-order valence-corrected chi connectivity index (χ4v) is 2.91. The highest BCUT2D eigenvalue weighted by atomic mass is 16.5. The number of morpholine rings is 1. The highest BCUT2D eigenvalue weighted by Crippen LogP contribution is 2.19. The van der Waals surface area contributed by atoms with E-state index >= 15 is 0 Å². The third-order valence-electron chi connectivity index (χ3n) is 4.48. The Bertz CT molecular complexity index is 748. The SMILES string of the molecule is Cc1ccc(C(=O)CCC(=O)Nc2ccc(N3CCOCC3)cc2)cc1. The van der Waals surface area contributed by atoms with Crippen LogP contribution in [0.5, 0.6) is 0 Å². The first-order chi connectivity index (χ1) is 12.6. The number of benzene rings is 2. The largest absolute Gasteiger partial charge is 0.378 e. The highest BCUT2D eigenvalue weighted by Gasteiger charge is 2.12. The second kappa shape index (κ2) is 8.63. The van der Waals surface area contributed by atoms with Crippen LogP contribution in [0.3, 0.4) is 0 Å². The Labute approximate surface area is 154 Å². The predicted molar refractivity (Wildman–Crippen MR) is 103 cm³/mol. The molecule has 1 saturated heterocycles. The van der Waals surface area contributed by atoms with Gasteiger partial charge in [-0.1, -0.05) is 29.8 Å². The molecule has 2 aromatic carbocycles. The molecule has 2 aromatic rings. The van der Waals surface area contributed by atoms with Crippen LogP contribution in [-0.2, 0) is 9.53 Å². The molecule has 1 aliphatic heterocycles. The monoisotopic (exact) mass is 352 g/mol. The summed E-state index contributed by atoms with van der Waals surface area (Å²) in [6.45, 7) is 5.23. The second-order valence-electron chi connectivity index (χ2n) is 6.48. The Balaban J connectivity index is 1.48. The average molecular weight is 352 g/mol. The van der Waals surface area contributed by atoms with Crippen molar-refractivity contribution >= 4 is 23.1 Å². The number of nitrogens with zero attached hydrogens (tertiary/aromatic N) is 1. The van der Waals surface area contributed by atoms with Gasteiger partial charge in [0.05, 0.1) is 13.2 Å². The summed E-state index contributed by atoms with van der Waals surface area (Å²) in [5.74, 6) is -0.160. The van der Waals surface area contributed by atoms with Crippen LogP contribution >= 0.6 is 0 Å². The van der Waals surface area contributed by atoms with E-state index in [-0.39, 0.29) is 24.5 Å². The van der Waals surface area contributed by atoms with Gasteiger partial charge in [0, 0.05) is 42.9 Å². The number of ether oxygens (including phenoxy) is 1. The van der Waals surface area contributed by atoms with Crippen molar-refractivity contribution in [2.75, 3.05) is 36.5 Å². The van der Waals surface area contributed by atoms with Crippen molar-refractivity contribution in [3.63, 3.8) is 0 Å². The summed E-state index contributed by atoms with van der Waals surface area (Å²) in [5.41, 5.74) is 3.63.